The second kappa shape index (κ2) is 9.07. The third-order valence-corrected chi connectivity index (χ3v) is 4.41. The van der Waals surface area contributed by atoms with Gasteiger partial charge in [0.1, 0.15) is 0 Å². The number of thiophene rings is 1. The molecule has 1 amide bonds. The van der Waals surface area contributed by atoms with Crippen LogP contribution in [0.2, 0.25) is 0 Å². The molecular weight excluding hydrogens is 324 g/mol. The lowest BCUT2D eigenvalue weighted by atomic mass is 10.3. The van der Waals surface area contributed by atoms with Gasteiger partial charge in [-0.2, -0.15) is 5.10 Å². The Morgan fingerprint density at radius 3 is 2.83 bits per heavy atom. The first-order chi connectivity index (χ1) is 11.6. The quantitative estimate of drug-likeness (QED) is 0.575. The van der Waals surface area contributed by atoms with Crippen LogP contribution in [0.5, 0.6) is 0 Å². The van der Waals surface area contributed by atoms with E-state index in [1.54, 1.807) is 41.2 Å². The van der Waals surface area contributed by atoms with Crippen LogP contribution in [-0.4, -0.2) is 53.7 Å². The summed E-state index contributed by atoms with van der Waals surface area (Å²) in [6.07, 6.45) is 2.67. The van der Waals surface area contributed by atoms with E-state index in [2.05, 4.69) is 32.2 Å². The largest absolute Gasteiger partial charge is 0.356 e. The molecule has 0 fully saturated rings. The van der Waals surface area contributed by atoms with Gasteiger partial charge in [-0.3, -0.25) is 9.48 Å². The molecule has 2 rings (SSSR count). The average Bonchev–Trinajstić information content (AvgIpc) is 3.20. The lowest BCUT2D eigenvalue weighted by Crippen LogP contribution is -2.43. The Morgan fingerprint density at radius 2 is 2.21 bits per heavy atom. The van der Waals surface area contributed by atoms with Crippen molar-refractivity contribution in [1.29, 1.82) is 0 Å². The number of carbonyl (C=O) groups excluding carboxylic acids is 1. The van der Waals surface area contributed by atoms with Crippen LogP contribution in [0.25, 0.3) is 0 Å². The lowest BCUT2D eigenvalue weighted by molar-refractivity contribution is -0.127. The van der Waals surface area contributed by atoms with Gasteiger partial charge < -0.3 is 15.5 Å². The number of nitrogens with one attached hydrogen (secondary N) is 2. The minimum absolute atomic E-state index is 0.00305. The molecule has 7 nitrogen and oxygen atoms in total. The van der Waals surface area contributed by atoms with E-state index in [0.29, 0.717) is 12.5 Å². The van der Waals surface area contributed by atoms with Crippen LogP contribution in [0.3, 0.4) is 0 Å². The lowest BCUT2D eigenvalue weighted by Gasteiger charge is -2.15. The van der Waals surface area contributed by atoms with E-state index in [9.17, 15) is 4.79 Å². The first-order valence-corrected chi connectivity index (χ1v) is 8.66. The van der Waals surface area contributed by atoms with Crippen LogP contribution in [0.4, 0.5) is 0 Å². The van der Waals surface area contributed by atoms with Gasteiger partial charge in [0.05, 0.1) is 18.8 Å². The van der Waals surface area contributed by atoms with Crippen molar-refractivity contribution in [2.45, 2.75) is 13.0 Å². The second-order valence-electron chi connectivity index (χ2n) is 5.51. The molecule has 0 bridgehead atoms. The third kappa shape index (κ3) is 5.69. The first kappa shape index (κ1) is 18.0. The molecule has 0 unspecified atom stereocenters. The van der Waals surface area contributed by atoms with Crippen molar-refractivity contribution < 1.29 is 4.79 Å². The number of amides is 1. The van der Waals surface area contributed by atoms with Crippen molar-refractivity contribution in [3.05, 3.63) is 40.3 Å². The van der Waals surface area contributed by atoms with E-state index in [0.717, 1.165) is 18.7 Å². The predicted molar refractivity (Wildman–Crippen MR) is 97.1 cm³/mol. The van der Waals surface area contributed by atoms with E-state index < -0.39 is 0 Å². The molecule has 2 aromatic rings. The summed E-state index contributed by atoms with van der Waals surface area (Å²) >= 11 is 1.74. The number of hydrogen-bond acceptors (Lipinski definition) is 4. The van der Waals surface area contributed by atoms with Gasteiger partial charge in [0.15, 0.2) is 5.96 Å². The average molecular weight is 348 g/mol. The topological polar surface area (TPSA) is 74.5 Å². The maximum absolute atomic E-state index is 11.8. The van der Waals surface area contributed by atoms with Crippen molar-refractivity contribution >= 4 is 23.2 Å². The fourth-order valence-electron chi connectivity index (χ4n) is 1.97. The Labute approximate surface area is 146 Å². The normalized spacial score (nSPS) is 11.4. The van der Waals surface area contributed by atoms with E-state index >= 15 is 0 Å². The fraction of sp³-hybridized carbons (Fsp3) is 0.438. The molecule has 2 heterocycles. The number of rotatable bonds is 7. The van der Waals surface area contributed by atoms with Crippen molar-refractivity contribution in [2.24, 2.45) is 12.0 Å². The molecule has 0 aliphatic rings. The number of carbonyl (C=O) groups is 1. The molecule has 2 N–H and O–H groups in total. The summed E-state index contributed by atoms with van der Waals surface area (Å²) in [6, 6.07) is 6.09. The number of aromatic nitrogens is 2. The van der Waals surface area contributed by atoms with Crippen LogP contribution in [0, 0.1) is 0 Å². The fourth-order valence-corrected chi connectivity index (χ4v) is 2.68. The monoisotopic (exact) mass is 348 g/mol. The highest BCUT2D eigenvalue weighted by molar-refractivity contribution is 7.09. The smallest absolute Gasteiger partial charge is 0.241 e. The number of likely N-dealkylation sites (N-methyl/N-ethyl adjacent to an activating group) is 1. The summed E-state index contributed by atoms with van der Waals surface area (Å²) in [5, 5.41) is 12.6. The van der Waals surface area contributed by atoms with Crippen LogP contribution in [0.15, 0.2) is 34.8 Å². The van der Waals surface area contributed by atoms with Gasteiger partial charge in [-0.05, 0) is 23.9 Å². The molecule has 0 saturated carbocycles. The maximum Gasteiger partial charge on any atom is 0.241 e. The number of hydrogen-bond donors (Lipinski definition) is 2. The summed E-state index contributed by atoms with van der Waals surface area (Å²) in [5.41, 5.74) is 1.01. The zero-order chi connectivity index (χ0) is 17.4. The Bertz CT molecular complexity index is 662. The highest BCUT2D eigenvalue weighted by atomic mass is 32.1. The SMILES string of the molecule is CN(C)C(=O)CNC(=NCc1ccnn1C)NCCc1cccs1. The van der Waals surface area contributed by atoms with E-state index in [4.69, 9.17) is 0 Å². The number of nitrogens with zero attached hydrogens (tertiary/aromatic N) is 4. The molecule has 0 aliphatic heterocycles. The van der Waals surface area contributed by atoms with Gasteiger partial charge in [0, 0.05) is 38.8 Å². The van der Waals surface area contributed by atoms with Crippen LogP contribution >= 0.6 is 11.3 Å². The molecule has 2 aromatic heterocycles. The summed E-state index contributed by atoms with van der Waals surface area (Å²) in [5.74, 6) is 0.631. The van der Waals surface area contributed by atoms with E-state index in [1.807, 2.05) is 19.2 Å². The van der Waals surface area contributed by atoms with Gasteiger partial charge in [0.25, 0.3) is 0 Å². The highest BCUT2D eigenvalue weighted by Crippen LogP contribution is 2.08. The van der Waals surface area contributed by atoms with E-state index in [1.165, 1.54) is 4.88 Å². The van der Waals surface area contributed by atoms with Crippen molar-refractivity contribution in [3.8, 4) is 0 Å². The summed E-state index contributed by atoms with van der Waals surface area (Å²) in [4.78, 5) is 19.2. The molecule has 8 heteroatoms. The minimum Gasteiger partial charge on any atom is -0.356 e. The van der Waals surface area contributed by atoms with Gasteiger partial charge in [-0.1, -0.05) is 6.07 Å². The molecule has 0 saturated heterocycles. The van der Waals surface area contributed by atoms with Crippen molar-refractivity contribution in [1.82, 2.24) is 25.3 Å². The second-order valence-corrected chi connectivity index (χ2v) is 6.54. The van der Waals surface area contributed by atoms with Crippen molar-refractivity contribution in [2.75, 3.05) is 27.2 Å². The molecule has 0 radical (unpaired) electrons. The molecular formula is C16H24N6OS. The van der Waals surface area contributed by atoms with Gasteiger partial charge >= 0.3 is 0 Å². The number of aliphatic imine (C=N–C) groups is 1. The van der Waals surface area contributed by atoms with Crippen LogP contribution in [0.1, 0.15) is 10.6 Å². The molecule has 130 valence electrons. The van der Waals surface area contributed by atoms with Crippen molar-refractivity contribution in [3.63, 3.8) is 0 Å². The van der Waals surface area contributed by atoms with Crippen LogP contribution < -0.4 is 10.6 Å². The Hall–Kier alpha value is -2.35. The zero-order valence-electron chi connectivity index (χ0n) is 14.3. The first-order valence-electron chi connectivity index (χ1n) is 7.78. The molecule has 24 heavy (non-hydrogen) atoms. The molecule has 0 aliphatic carbocycles. The predicted octanol–water partition coefficient (Wildman–Crippen LogP) is 0.848. The Kier molecular flexibility index (Phi) is 6.80. The number of guanidine groups is 1. The third-order valence-electron chi connectivity index (χ3n) is 3.47. The summed E-state index contributed by atoms with van der Waals surface area (Å²) in [6.45, 7) is 1.47. The summed E-state index contributed by atoms with van der Waals surface area (Å²) < 4.78 is 1.79. The standard InChI is InChI=1S/C16H24N6OS/c1-21(2)15(23)12-19-16(17-8-7-14-5-4-10-24-14)18-11-13-6-9-20-22(13)3/h4-6,9-10H,7-8,11-12H2,1-3H3,(H2,17,18,19). The Balaban J connectivity index is 1.91. The number of aryl methyl sites for hydroxylation is 1. The molecule has 0 atom stereocenters. The van der Waals surface area contributed by atoms with Gasteiger partial charge in [0.2, 0.25) is 5.91 Å². The highest BCUT2D eigenvalue weighted by Gasteiger charge is 2.06. The van der Waals surface area contributed by atoms with E-state index in [-0.39, 0.29) is 12.5 Å². The molecule has 0 aromatic carbocycles. The van der Waals surface area contributed by atoms with Gasteiger partial charge in [-0.15, -0.1) is 11.3 Å². The maximum atomic E-state index is 11.8. The molecule has 0 spiro atoms. The Morgan fingerprint density at radius 1 is 1.38 bits per heavy atom. The minimum atomic E-state index is 0.00305. The summed E-state index contributed by atoms with van der Waals surface area (Å²) in [7, 11) is 5.36. The zero-order valence-corrected chi connectivity index (χ0v) is 15.1. The van der Waals surface area contributed by atoms with Gasteiger partial charge in [-0.25, -0.2) is 4.99 Å². The van der Waals surface area contributed by atoms with Crippen LogP contribution in [-0.2, 0) is 24.8 Å².